The van der Waals surface area contributed by atoms with Crippen LogP contribution in [-0.2, 0) is 35.6 Å². The molecule has 216 valence electrons. The Kier molecular flexibility index (Phi) is 8.08. The van der Waals surface area contributed by atoms with Crippen LogP contribution in [0.15, 0.2) is 53.4 Å². The third kappa shape index (κ3) is 6.39. The van der Waals surface area contributed by atoms with Crippen LogP contribution in [0.1, 0.15) is 12.0 Å². The molecule has 0 bridgehead atoms. The van der Waals surface area contributed by atoms with E-state index in [1.54, 1.807) is 22.9 Å². The van der Waals surface area contributed by atoms with E-state index in [-0.39, 0.29) is 30.5 Å². The number of rotatable bonds is 10. The summed E-state index contributed by atoms with van der Waals surface area (Å²) in [6, 6.07) is 11.2. The monoisotopic (exact) mass is 613 g/mol. The third-order valence-electron chi connectivity index (χ3n) is 7.12. The largest absolute Gasteiger partial charge is 0.511 e. The highest BCUT2D eigenvalue weighted by atomic mass is 32.2. The number of benzene rings is 2. The van der Waals surface area contributed by atoms with Crippen LogP contribution in [0.2, 0.25) is 0 Å². The van der Waals surface area contributed by atoms with Crippen LogP contribution in [0.4, 0.5) is 23.2 Å². The number of alkyl halides is 3. The number of hydrogen-bond donors (Lipinski definition) is 1. The average molecular weight is 614 g/mol. The summed E-state index contributed by atoms with van der Waals surface area (Å²) < 4.78 is 129. The predicted molar refractivity (Wildman–Crippen MR) is 136 cm³/mol. The number of nitrogens with zero attached hydrogens (tertiary/aromatic N) is 2. The van der Waals surface area contributed by atoms with Crippen LogP contribution in [-0.4, -0.2) is 67.6 Å². The summed E-state index contributed by atoms with van der Waals surface area (Å²) in [6.07, 6.45) is 0.378. The molecule has 1 heterocycles. The van der Waals surface area contributed by atoms with Gasteiger partial charge in [-0.15, -0.1) is 0 Å². The Balaban J connectivity index is 1.42. The van der Waals surface area contributed by atoms with Gasteiger partial charge in [-0.2, -0.15) is 13.2 Å². The van der Waals surface area contributed by atoms with E-state index in [0.29, 0.717) is 12.1 Å². The van der Waals surface area contributed by atoms with Crippen LogP contribution in [0, 0.1) is 23.6 Å². The molecule has 0 spiro atoms. The van der Waals surface area contributed by atoms with Gasteiger partial charge < -0.3 is 4.90 Å². The first-order valence-corrected chi connectivity index (χ1v) is 16.6. The van der Waals surface area contributed by atoms with Gasteiger partial charge in [-0.25, -0.2) is 38.7 Å². The molecule has 2 aliphatic rings. The molecule has 9 nitrogen and oxygen atoms in total. The van der Waals surface area contributed by atoms with Crippen molar-refractivity contribution in [3.63, 3.8) is 0 Å². The maximum absolute atomic E-state index is 14.1. The molecule has 0 radical (unpaired) electrons. The van der Waals surface area contributed by atoms with Gasteiger partial charge in [0.2, 0.25) is 10.0 Å². The zero-order valence-corrected chi connectivity index (χ0v) is 23.1. The lowest BCUT2D eigenvalue weighted by molar-refractivity contribution is -0.0448. The molecule has 3 unspecified atom stereocenters. The molecule has 2 fully saturated rings. The van der Waals surface area contributed by atoms with Crippen LogP contribution in [0.3, 0.4) is 0 Å². The van der Waals surface area contributed by atoms with E-state index in [0.717, 1.165) is 12.1 Å². The van der Waals surface area contributed by atoms with Gasteiger partial charge in [0.05, 0.1) is 5.75 Å². The van der Waals surface area contributed by atoms with Gasteiger partial charge in [0.25, 0.3) is 0 Å². The fraction of sp³-hybridized carbons (Fsp3) is 0.478. The van der Waals surface area contributed by atoms with Gasteiger partial charge in [-0.05, 0) is 47.9 Å². The average Bonchev–Trinajstić information content (AvgIpc) is 3.54. The van der Waals surface area contributed by atoms with Crippen molar-refractivity contribution in [1.82, 2.24) is 9.03 Å². The summed E-state index contributed by atoms with van der Waals surface area (Å²) in [4.78, 5) is 0.907. The minimum Gasteiger partial charge on any atom is -0.359 e. The molecule has 0 amide bonds. The fourth-order valence-corrected chi connectivity index (χ4v) is 8.68. The third-order valence-corrected chi connectivity index (χ3v) is 11.8. The summed E-state index contributed by atoms with van der Waals surface area (Å²) >= 11 is 0. The second-order valence-electron chi connectivity index (χ2n) is 9.69. The van der Waals surface area contributed by atoms with Gasteiger partial charge in [0.1, 0.15) is 16.6 Å². The molecule has 4 rings (SSSR count). The van der Waals surface area contributed by atoms with E-state index in [1.807, 2.05) is 0 Å². The van der Waals surface area contributed by atoms with Crippen molar-refractivity contribution >= 4 is 35.6 Å². The Morgan fingerprint density at radius 2 is 1.62 bits per heavy atom. The molecule has 1 saturated carbocycles. The quantitative estimate of drug-likeness (QED) is 0.409. The molecule has 1 aliphatic heterocycles. The van der Waals surface area contributed by atoms with Crippen LogP contribution < -0.4 is 9.62 Å². The standard InChI is InChI=1S/C23H27F4N3O6S3/c1-29(21-8-4-2-6-16(21)14-37(31,32)22-9-5-3-7-20(22)24)15-38(33,34)30-11-10-17-18(19(17)13-30)12-28-39(35,36)23(25,26)27/h2-9,17-19,28H,10-15H2,1H3. The SMILES string of the molecule is CN(CS(=O)(=O)N1CCC2C(CNS(=O)(=O)C(F)(F)F)C2C1)c1ccccc1CS(=O)(=O)c1ccccc1F. The zero-order chi connectivity index (χ0) is 28.8. The normalized spacial score (nSPS) is 22.3. The highest BCUT2D eigenvalue weighted by molar-refractivity contribution is 7.91. The van der Waals surface area contributed by atoms with Gasteiger partial charge in [0, 0.05) is 32.4 Å². The first-order valence-electron chi connectivity index (χ1n) is 11.8. The van der Waals surface area contributed by atoms with Crippen molar-refractivity contribution in [3.8, 4) is 0 Å². The summed E-state index contributed by atoms with van der Waals surface area (Å²) in [5.74, 6) is -2.70. The van der Waals surface area contributed by atoms with Crippen molar-refractivity contribution in [2.45, 2.75) is 22.6 Å². The summed E-state index contributed by atoms with van der Waals surface area (Å²) in [7, 11) is -12.0. The lowest BCUT2D eigenvalue weighted by Gasteiger charge is -2.29. The van der Waals surface area contributed by atoms with Gasteiger partial charge in [-0.3, -0.25) is 0 Å². The number of nitrogens with one attached hydrogen (secondary N) is 1. The van der Waals surface area contributed by atoms with E-state index in [2.05, 4.69) is 0 Å². The number of anilines is 1. The first kappa shape index (κ1) is 29.7. The fourth-order valence-electron chi connectivity index (χ4n) is 5.07. The van der Waals surface area contributed by atoms with E-state index >= 15 is 0 Å². The van der Waals surface area contributed by atoms with Crippen LogP contribution in [0.5, 0.6) is 0 Å². The maximum atomic E-state index is 14.1. The van der Waals surface area contributed by atoms with Crippen LogP contribution in [0.25, 0.3) is 0 Å². The number of sulfone groups is 1. The molecule has 1 aliphatic carbocycles. The molecule has 39 heavy (non-hydrogen) atoms. The smallest absolute Gasteiger partial charge is 0.359 e. The first-order chi connectivity index (χ1) is 18.0. The number of sulfonamides is 2. The highest BCUT2D eigenvalue weighted by Gasteiger charge is 2.55. The summed E-state index contributed by atoms with van der Waals surface area (Å²) in [5.41, 5.74) is -4.82. The van der Waals surface area contributed by atoms with Gasteiger partial charge >= 0.3 is 15.5 Å². The molecule has 1 N–H and O–H groups in total. The summed E-state index contributed by atoms with van der Waals surface area (Å²) in [5, 5.41) is 0. The zero-order valence-electron chi connectivity index (χ0n) is 20.7. The van der Waals surface area contributed by atoms with Crippen molar-refractivity contribution in [1.29, 1.82) is 0 Å². The topological polar surface area (TPSA) is 121 Å². The second-order valence-corrected chi connectivity index (χ2v) is 15.3. The lowest BCUT2D eigenvalue weighted by atomic mass is 10.2. The molecule has 2 aromatic rings. The predicted octanol–water partition coefficient (Wildman–Crippen LogP) is 2.53. The van der Waals surface area contributed by atoms with Crippen molar-refractivity contribution in [2.75, 3.05) is 37.5 Å². The Hall–Kier alpha value is -2.27. The second kappa shape index (κ2) is 10.6. The minimum absolute atomic E-state index is 0.0442. The van der Waals surface area contributed by atoms with Gasteiger partial charge in [-0.1, -0.05) is 30.3 Å². The lowest BCUT2D eigenvalue weighted by Crippen LogP contribution is -2.42. The number of hydrogen-bond acceptors (Lipinski definition) is 7. The van der Waals surface area contributed by atoms with E-state index in [1.165, 1.54) is 34.5 Å². The summed E-state index contributed by atoms with van der Waals surface area (Å²) in [6.45, 7) is -0.249. The highest BCUT2D eigenvalue weighted by Crippen LogP contribution is 2.51. The molecule has 0 aromatic heterocycles. The molecule has 2 aromatic carbocycles. The Morgan fingerprint density at radius 3 is 2.28 bits per heavy atom. The van der Waals surface area contributed by atoms with Crippen molar-refractivity contribution < 1.29 is 42.8 Å². The molecular weight excluding hydrogens is 586 g/mol. The van der Waals surface area contributed by atoms with E-state index < -0.39 is 70.2 Å². The number of fused-ring (bicyclic) bond motifs is 1. The van der Waals surface area contributed by atoms with E-state index in [9.17, 15) is 42.8 Å². The van der Waals surface area contributed by atoms with Crippen LogP contribution >= 0.6 is 0 Å². The van der Waals surface area contributed by atoms with Gasteiger partial charge in [0.15, 0.2) is 9.84 Å². The number of piperidine rings is 1. The maximum Gasteiger partial charge on any atom is 0.511 e. The number of para-hydroxylation sites is 1. The number of halogens is 4. The van der Waals surface area contributed by atoms with Crippen molar-refractivity contribution in [3.05, 3.63) is 59.9 Å². The molecule has 16 heteroatoms. The molecule has 1 saturated heterocycles. The van der Waals surface area contributed by atoms with Crippen molar-refractivity contribution in [2.24, 2.45) is 17.8 Å². The molecule has 3 atom stereocenters. The Labute approximate surface area is 224 Å². The van der Waals surface area contributed by atoms with E-state index in [4.69, 9.17) is 0 Å². The molecular formula is C23H27F4N3O6S3. The Bertz CT molecular complexity index is 1550. The minimum atomic E-state index is -5.47. The Morgan fingerprint density at radius 1 is 0.974 bits per heavy atom.